The molecule has 1 aliphatic rings. The molecule has 0 amide bonds. The highest BCUT2D eigenvalue weighted by Gasteiger charge is 2.15. The average molecular weight is 326 g/mol. The Morgan fingerprint density at radius 3 is 2.58 bits per heavy atom. The zero-order valence-corrected chi connectivity index (χ0v) is 13.8. The maximum absolute atomic E-state index is 11.7. The third kappa shape index (κ3) is 4.22. The van der Waals surface area contributed by atoms with Gasteiger partial charge in [-0.05, 0) is 44.0 Å². The van der Waals surface area contributed by atoms with Gasteiger partial charge in [0.1, 0.15) is 18.0 Å². The van der Waals surface area contributed by atoms with E-state index in [1.54, 1.807) is 25.4 Å². The molecule has 0 radical (unpaired) electrons. The largest absolute Gasteiger partial charge is 0.462 e. The van der Waals surface area contributed by atoms with E-state index in [-0.39, 0.29) is 5.97 Å². The number of hydrogen-bond donors (Lipinski definition) is 2. The molecular weight excluding hydrogens is 304 g/mol. The summed E-state index contributed by atoms with van der Waals surface area (Å²) >= 11 is 0. The maximum atomic E-state index is 11.7. The summed E-state index contributed by atoms with van der Waals surface area (Å²) in [6.07, 6.45) is 6.50. The summed E-state index contributed by atoms with van der Waals surface area (Å²) in [5.41, 5.74) is 1.39. The fourth-order valence-corrected chi connectivity index (χ4v) is 2.84. The van der Waals surface area contributed by atoms with Crippen LogP contribution in [-0.2, 0) is 4.74 Å². The molecule has 126 valence electrons. The molecule has 1 aromatic carbocycles. The first-order valence-corrected chi connectivity index (χ1v) is 8.37. The summed E-state index contributed by atoms with van der Waals surface area (Å²) in [5.74, 6) is 1.24. The number of rotatable bonds is 6. The van der Waals surface area contributed by atoms with Gasteiger partial charge in [0.05, 0.1) is 12.2 Å². The van der Waals surface area contributed by atoms with Gasteiger partial charge in [-0.2, -0.15) is 0 Å². The first-order valence-electron chi connectivity index (χ1n) is 8.37. The SMILES string of the molecule is CCOC(=O)c1ccc(Nc2cc(NC3CCCC3)ncn2)cc1. The number of aromatic nitrogens is 2. The summed E-state index contributed by atoms with van der Waals surface area (Å²) in [5, 5.41) is 6.68. The molecule has 0 atom stereocenters. The van der Waals surface area contributed by atoms with Crippen molar-refractivity contribution in [2.45, 2.75) is 38.6 Å². The van der Waals surface area contributed by atoms with Crippen molar-refractivity contribution in [3.63, 3.8) is 0 Å². The molecule has 6 heteroatoms. The third-order valence-electron chi connectivity index (χ3n) is 4.04. The van der Waals surface area contributed by atoms with Gasteiger partial charge in [0.25, 0.3) is 0 Å². The Bertz CT molecular complexity index is 682. The summed E-state index contributed by atoms with van der Waals surface area (Å²) < 4.78 is 4.98. The second-order valence-electron chi connectivity index (χ2n) is 5.84. The quantitative estimate of drug-likeness (QED) is 0.787. The minimum absolute atomic E-state index is 0.311. The zero-order chi connectivity index (χ0) is 16.8. The predicted octanol–water partition coefficient (Wildman–Crippen LogP) is 3.75. The zero-order valence-electron chi connectivity index (χ0n) is 13.8. The van der Waals surface area contributed by atoms with Crippen molar-refractivity contribution >= 4 is 23.3 Å². The van der Waals surface area contributed by atoms with Crippen LogP contribution in [0.5, 0.6) is 0 Å². The van der Waals surface area contributed by atoms with Gasteiger partial charge < -0.3 is 15.4 Å². The van der Waals surface area contributed by atoms with Gasteiger partial charge in [0.2, 0.25) is 0 Å². The van der Waals surface area contributed by atoms with Crippen molar-refractivity contribution in [2.75, 3.05) is 17.2 Å². The van der Waals surface area contributed by atoms with Gasteiger partial charge >= 0.3 is 5.97 Å². The van der Waals surface area contributed by atoms with Gasteiger partial charge in [-0.15, -0.1) is 0 Å². The Morgan fingerprint density at radius 2 is 1.88 bits per heavy atom. The Hall–Kier alpha value is -2.63. The molecule has 2 N–H and O–H groups in total. The van der Waals surface area contributed by atoms with Crippen LogP contribution in [0.1, 0.15) is 43.0 Å². The van der Waals surface area contributed by atoms with Crippen LogP contribution in [0.4, 0.5) is 17.3 Å². The van der Waals surface area contributed by atoms with Crippen molar-refractivity contribution in [1.29, 1.82) is 0 Å². The van der Waals surface area contributed by atoms with Gasteiger partial charge in [0.15, 0.2) is 0 Å². The van der Waals surface area contributed by atoms with Crippen LogP contribution in [-0.4, -0.2) is 28.6 Å². The lowest BCUT2D eigenvalue weighted by atomic mass is 10.2. The molecule has 24 heavy (non-hydrogen) atoms. The molecule has 1 fully saturated rings. The summed E-state index contributed by atoms with van der Waals surface area (Å²) in [6.45, 7) is 2.16. The number of esters is 1. The fraction of sp³-hybridized carbons (Fsp3) is 0.389. The van der Waals surface area contributed by atoms with E-state index in [1.165, 1.54) is 25.7 Å². The topological polar surface area (TPSA) is 76.1 Å². The molecule has 0 bridgehead atoms. The number of nitrogens with one attached hydrogen (secondary N) is 2. The Balaban J connectivity index is 1.63. The van der Waals surface area contributed by atoms with Crippen LogP contribution in [0.25, 0.3) is 0 Å². The number of nitrogens with zero attached hydrogens (tertiary/aromatic N) is 2. The monoisotopic (exact) mass is 326 g/mol. The van der Waals surface area contributed by atoms with Crippen molar-refractivity contribution in [3.05, 3.63) is 42.2 Å². The van der Waals surface area contributed by atoms with E-state index in [2.05, 4.69) is 20.6 Å². The maximum Gasteiger partial charge on any atom is 0.338 e. The van der Waals surface area contributed by atoms with E-state index in [0.717, 1.165) is 17.3 Å². The van der Waals surface area contributed by atoms with Crippen LogP contribution in [0.3, 0.4) is 0 Å². The van der Waals surface area contributed by atoms with Crippen molar-refractivity contribution in [1.82, 2.24) is 9.97 Å². The van der Waals surface area contributed by atoms with Crippen LogP contribution in [0.2, 0.25) is 0 Å². The van der Waals surface area contributed by atoms with E-state index in [0.29, 0.717) is 18.2 Å². The Labute approximate surface area is 141 Å². The highest BCUT2D eigenvalue weighted by molar-refractivity contribution is 5.89. The van der Waals surface area contributed by atoms with Crippen LogP contribution in [0, 0.1) is 0 Å². The Kier molecular flexibility index (Phi) is 5.25. The van der Waals surface area contributed by atoms with Crippen molar-refractivity contribution in [3.8, 4) is 0 Å². The molecular formula is C18H22N4O2. The summed E-state index contributed by atoms with van der Waals surface area (Å²) in [4.78, 5) is 20.2. The molecule has 3 rings (SSSR count). The van der Waals surface area contributed by atoms with E-state index in [9.17, 15) is 4.79 Å². The third-order valence-corrected chi connectivity index (χ3v) is 4.04. The predicted molar refractivity (Wildman–Crippen MR) is 93.6 cm³/mol. The summed E-state index contributed by atoms with van der Waals surface area (Å²) in [7, 11) is 0. The van der Waals surface area contributed by atoms with Gasteiger partial charge in [-0.1, -0.05) is 12.8 Å². The van der Waals surface area contributed by atoms with Gasteiger partial charge in [0, 0.05) is 17.8 Å². The summed E-state index contributed by atoms with van der Waals surface area (Å²) in [6, 6.07) is 9.55. The highest BCUT2D eigenvalue weighted by atomic mass is 16.5. The molecule has 1 aromatic heterocycles. The lowest BCUT2D eigenvalue weighted by molar-refractivity contribution is 0.0526. The van der Waals surface area contributed by atoms with Crippen LogP contribution < -0.4 is 10.6 Å². The number of ether oxygens (including phenoxy) is 1. The smallest absolute Gasteiger partial charge is 0.338 e. The number of anilines is 3. The molecule has 2 aromatic rings. The lowest BCUT2D eigenvalue weighted by Crippen LogP contribution is -2.15. The van der Waals surface area contributed by atoms with Crippen LogP contribution >= 0.6 is 0 Å². The molecule has 1 aliphatic carbocycles. The lowest BCUT2D eigenvalue weighted by Gasteiger charge is -2.13. The second-order valence-corrected chi connectivity index (χ2v) is 5.84. The molecule has 0 saturated heterocycles. The second kappa shape index (κ2) is 7.77. The molecule has 0 spiro atoms. The first-order chi connectivity index (χ1) is 11.7. The van der Waals surface area contributed by atoms with Gasteiger partial charge in [-0.3, -0.25) is 0 Å². The molecule has 0 aliphatic heterocycles. The first kappa shape index (κ1) is 16.2. The normalized spacial score (nSPS) is 14.4. The van der Waals surface area contributed by atoms with E-state index in [1.807, 2.05) is 18.2 Å². The van der Waals surface area contributed by atoms with Crippen molar-refractivity contribution < 1.29 is 9.53 Å². The van der Waals surface area contributed by atoms with E-state index < -0.39 is 0 Å². The molecule has 1 saturated carbocycles. The number of carbonyl (C=O) groups excluding carboxylic acids is 1. The van der Waals surface area contributed by atoms with Crippen molar-refractivity contribution in [2.24, 2.45) is 0 Å². The van der Waals surface area contributed by atoms with E-state index >= 15 is 0 Å². The minimum atomic E-state index is -0.311. The average Bonchev–Trinajstić information content (AvgIpc) is 3.09. The van der Waals surface area contributed by atoms with Crippen LogP contribution in [0.15, 0.2) is 36.7 Å². The molecule has 1 heterocycles. The highest BCUT2D eigenvalue weighted by Crippen LogP contribution is 2.23. The number of hydrogen-bond acceptors (Lipinski definition) is 6. The minimum Gasteiger partial charge on any atom is -0.462 e. The molecule has 6 nitrogen and oxygen atoms in total. The van der Waals surface area contributed by atoms with Gasteiger partial charge in [-0.25, -0.2) is 14.8 Å². The Morgan fingerprint density at radius 1 is 1.17 bits per heavy atom. The molecule has 0 unspecified atom stereocenters. The van der Waals surface area contributed by atoms with E-state index in [4.69, 9.17) is 4.74 Å². The number of benzene rings is 1. The number of carbonyl (C=O) groups is 1. The fourth-order valence-electron chi connectivity index (χ4n) is 2.84. The standard InChI is InChI=1S/C18H22N4O2/c1-2-24-18(23)13-7-9-15(10-8-13)22-17-11-16(19-12-20-17)21-14-5-3-4-6-14/h7-12,14H,2-6H2,1H3,(H2,19,20,21,22).